The van der Waals surface area contributed by atoms with E-state index in [1.165, 1.54) is 0 Å². The Balaban J connectivity index is 2.51. The molecule has 0 saturated heterocycles. The predicted molar refractivity (Wildman–Crippen MR) is 56.3 cm³/mol. The standard InChI is InChI=1S/C9H9BrN4/c1-6-3-4-14(13-6)8-5-7(2)11-9(10)12-8/h3-5H,1-2H3. The lowest BCUT2D eigenvalue weighted by Crippen LogP contribution is -2.01. The predicted octanol–water partition coefficient (Wildman–Crippen LogP) is 2.04. The minimum Gasteiger partial charge on any atom is -0.227 e. The van der Waals surface area contributed by atoms with E-state index in [2.05, 4.69) is 31.0 Å². The first-order valence-corrected chi connectivity index (χ1v) is 4.98. The second-order valence-corrected chi connectivity index (χ2v) is 3.75. The molecule has 0 aliphatic heterocycles. The second kappa shape index (κ2) is 3.49. The van der Waals surface area contributed by atoms with Gasteiger partial charge in [0.05, 0.1) is 5.69 Å². The molecule has 2 heterocycles. The van der Waals surface area contributed by atoms with Crippen LogP contribution >= 0.6 is 15.9 Å². The highest BCUT2D eigenvalue weighted by atomic mass is 79.9. The van der Waals surface area contributed by atoms with E-state index in [4.69, 9.17) is 0 Å². The lowest BCUT2D eigenvalue weighted by molar-refractivity contribution is 0.815. The zero-order chi connectivity index (χ0) is 10.1. The van der Waals surface area contributed by atoms with Gasteiger partial charge < -0.3 is 0 Å². The molecule has 2 rings (SSSR count). The Hall–Kier alpha value is -1.23. The molecule has 2 aromatic rings. The summed E-state index contributed by atoms with van der Waals surface area (Å²) in [5, 5.41) is 4.27. The van der Waals surface area contributed by atoms with Crippen LogP contribution in [0, 0.1) is 13.8 Å². The van der Waals surface area contributed by atoms with Gasteiger partial charge in [-0.05, 0) is 35.8 Å². The van der Waals surface area contributed by atoms with Crippen molar-refractivity contribution in [2.45, 2.75) is 13.8 Å². The molecule has 4 nitrogen and oxygen atoms in total. The largest absolute Gasteiger partial charge is 0.227 e. The number of rotatable bonds is 1. The highest BCUT2D eigenvalue weighted by Crippen LogP contribution is 2.10. The van der Waals surface area contributed by atoms with Crippen molar-refractivity contribution in [3.8, 4) is 5.82 Å². The van der Waals surface area contributed by atoms with Gasteiger partial charge in [-0.3, -0.25) is 0 Å². The van der Waals surface area contributed by atoms with Crippen LogP contribution in [0.3, 0.4) is 0 Å². The van der Waals surface area contributed by atoms with Crippen molar-refractivity contribution in [2.75, 3.05) is 0 Å². The van der Waals surface area contributed by atoms with Gasteiger partial charge in [0.25, 0.3) is 0 Å². The van der Waals surface area contributed by atoms with E-state index in [1.54, 1.807) is 4.68 Å². The van der Waals surface area contributed by atoms with Crippen LogP contribution in [0.1, 0.15) is 11.4 Å². The summed E-state index contributed by atoms with van der Waals surface area (Å²) in [7, 11) is 0. The number of hydrogen-bond donors (Lipinski definition) is 0. The first-order chi connectivity index (χ1) is 6.65. The third-order valence-electron chi connectivity index (χ3n) is 1.77. The molecule has 0 bridgehead atoms. The molecule has 14 heavy (non-hydrogen) atoms. The van der Waals surface area contributed by atoms with Gasteiger partial charge in [-0.25, -0.2) is 14.6 Å². The zero-order valence-corrected chi connectivity index (χ0v) is 9.48. The molecule has 72 valence electrons. The third-order valence-corrected chi connectivity index (χ3v) is 2.13. The molecule has 5 heteroatoms. The Morgan fingerprint density at radius 1 is 1.21 bits per heavy atom. The van der Waals surface area contributed by atoms with E-state index >= 15 is 0 Å². The quantitative estimate of drug-likeness (QED) is 0.730. The fourth-order valence-electron chi connectivity index (χ4n) is 1.18. The molecule has 2 aromatic heterocycles. The van der Waals surface area contributed by atoms with Crippen LogP contribution in [0.25, 0.3) is 5.82 Å². The minimum absolute atomic E-state index is 0.584. The summed E-state index contributed by atoms with van der Waals surface area (Å²) in [6.07, 6.45) is 1.88. The van der Waals surface area contributed by atoms with E-state index in [9.17, 15) is 0 Å². The Kier molecular flexibility index (Phi) is 2.33. The van der Waals surface area contributed by atoms with Crippen molar-refractivity contribution in [1.29, 1.82) is 0 Å². The van der Waals surface area contributed by atoms with Crippen LogP contribution in [-0.2, 0) is 0 Å². The van der Waals surface area contributed by atoms with Crippen molar-refractivity contribution in [3.05, 3.63) is 34.5 Å². The normalized spacial score (nSPS) is 10.5. The van der Waals surface area contributed by atoms with Gasteiger partial charge in [0.2, 0.25) is 0 Å². The van der Waals surface area contributed by atoms with E-state index in [0.717, 1.165) is 17.2 Å². The van der Waals surface area contributed by atoms with E-state index in [0.29, 0.717) is 4.73 Å². The average Bonchev–Trinajstić information content (AvgIpc) is 2.50. The topological polar surface area (TPSA) is 43.6 Å². The van der Waals surface area contributed by atoms with Crippen LogP contribution in [0.15, 0.2) is 23.1 Å². The van der Waals surface area contributed by atoms with E-state index in [-0.39, 0.29) is 0 Å². The first kappa shape index (κ1) is 9.33. The van der Waals surface area contributed by atoms with E-state index in [1.807, 2.05) is 32.2 Å². The molecule has 0 radical (unpaired) electrons. The van der Waals surface area contributed by atoms with E-state index < -0.39 is 0 Å². The summed E-state index contributed by atoms with van der Waals surface area (Å²) < 4.78 is 2.31. The molecule has 0 atom stereocenters. The summed E-state index contributed by atoms with van der Waals surface area (Å²) in [6.45, 7) is 3.87. The van der Waals surface area contributed by atoms with Crippen molar-refractivity contribution in [1.82, 2.24) is 19.7 Å². The second-order valence-electron chi connectivity index (χ2n) is 3.04. The van der Waals surface area contributed by atoms with Crippen LogP contribution in [0.2, 0.25) is 0 Å². The molecular weight excluding hydrogens is 244 g/mol. The van der Waals surface area contributed by atoms with Crippen molar-refractivity contribution < 1.29 is 0 Å². The molecule has 0 aliphatic rings. The minimum atomic E-state index is 0.584. The lowest BCUT2D eigenvalue weighted by atomic mass is 10.4. The maximum absolute atomic E-state index is 4.27. The molecule has 0 spiro atoms. The van der Waals surface area contributed by atoms with Gasteiger partial charge >= 0.3 is 0 Å². The maximum atomic E-state index is 4.27. The van der Waals surface area contributed by atoms with Gasteiger partial charge in [0.15, 0.2) is 10.6 Å². The highest BCUT2D eigenvalue weighted by molar-refractivity contribution is 9.10. The Bertz CT molecular complexity index is 443. The van der Waals surface area contributed by atoms with Crippen molar-refractivity contribution >= 4 is 15.9 Å². The smallest absolute Gasteiger partial charge is 0.198 e. The highest BCUT2D eigenvalue weighted by Gasteiger charge is 2.02. The van der Waals surface area contributed by atoms with Crippen molar-refractivity contribution in [2.24, 2.45) is 0 Å². The van der Waals surface area contributed by atoms with Gasteiger partial charge in [-0.15, -0.1) is 0 Å². The van der Waals surface area contributed by atoms with Gasteiger partial charge in [-0.2, -0.15) is 5.10 Å². The molecule has 0 aromatic carbocycles. The fourth-order valence-corrected chi connectivity index (χ4v) is 1.64. The molecule has 0 N–H and O–H groups in total. The molecule has 0 saturated carbocycles. The Morgan fingerprint density at radius 3 is 2.57 bits per heavy atom. The van der Waals surface area contributed by atoms with Gasteiger partial charge in [0, 0.05) is 18.0 Å². The van der Waals surface area contributed by atoms with Crippen molar-refractivity contribution in [3.63, 3.8) is 0 Å². The van der Waals surface area contributed by atoms with Crippen LogP contribution in [0.5, 0.6) is 0 Å². The van der Waals surface area contributed by atoms with Crippen LogP contribution in [-0.4, -0.2) is 19.7 Å². The Labute approximate surface area is 90.1 Å². The Morgan fingerprint density at radius 2 is 2.00 bits per heavy atom. The lowest BCUT2D eigenvalue weighted by Gasteiger charge is -2.01. The maximum Gasteiger partial charge on any atom is 0.198 e. The third kappa shape index (κ3) is 1.82. The number of halogens is 1. The van der Waals surface area contributed by atoms with Gasteiger partial charge in [0.1, 0.15) is 0 Å². The zero-order valence-electron chi connectivity index (χ0n) is 7.90. The average molecular weight is 253 g/mol. The SMILES string of the molecule is Cc1cc(-n2ccc(C)n2)nc(Br)n1. The summed E-state index contributed by atoms with van der Waals surface area (Å²) in [4.78, 5) is 8.35. The molecule has 0 aliphatic carbocycles. The van der Waals surface area contributed by atoms with Gasteiger partial charge in [-0.1, -0.05) is 0 Å². The summed E-state index contributed by atoms with van der Waals surface area (Å²) in [5.41, 5.74) is 1.88. The molecule has 0 unspecified atom stereocenters. The molecular formula is C9H9BrN4. The number of hydrogen-bond acceptors (Lipinski definition) is 3. The summed E-state index contributed by atoms with van der Waals surface area (Å²) >= 11 is 3.25. The van der Waals surface area contributed by atoms with Crippen LogP contribution < -0.4 is 0 Å². The van der Waals surface area contributed by atoms with Crippen LogP contribution in [0.4, 0.5) is 0 Å². The monoisotopic (exact) mass is 252 g/mol. The fraction of sp³-hybridized carbons (Fsp3) is 0.222. The summed E-state index contributed by atoms with van der Waals surface area (Å²) in [6, 6.07) is 3.82. The molecule has 0 amide bonds. The number of aryl methyl sites for hydroxylation is 2. The molecule has 0 fully saturated rings. The summed E-state index contributed by atoms with van der Waals surface area (Å²) in [5.74, 6) is 0.775. The number of aromatic nitrogens is 4. The first-order valence-electron chi connectivity index (χ1n) is 4.19. The number of nitrogens with zero attached hydrogens (tertiary/aromatic N) is 4.